The number of halogens is 3. The Hall–Kier alpha value is -4.77. The molecule has 1 aliphatic rings. The number of aromatic nitrogens is 6. The first-order valence-corrected chi connectivity index (χ1v) is 13.7. The van der Waals surface area contributed by atoms with E-state index in [1.54, 1.807) is 42.4 Å². The molecule has 1 atom stereocenters. The molecule has 2 aromatic heterocycles. The molecule has 0 radical (unpaired) electrons. The third-order valence-corrected chi connectivity index (χ3v) is 7.18. The zero-order valence-electron chi connectivity index (χ0n) is 23.6. The molecular weight excluding hydrogens is 563 g/mol. The lowest BCUT2D eigenvalue weighted by Crippen LogP contribution is -2.39. The van der Waals surface area contributed by atoms with E-state index in [1.807, 2.05) is 25.1 Å². The standard InChI is InChI=1S/C29H30F3N9O2/c1-19(16-41-18-36-38-39-41)43-26-11-22(3-4-23(26)13-33)24-14-34-28(35-15-24)37-25-6-5-21(12-27(25)42-2)20-7-9-40(10-8-20)17-29(30,31)32/h3-6,11-12,14-15,18-20H,7-10,16-17H2,1-2H3,(H,34,35,37). The first-order valence-electron chi connectivity index (χ1n) is 13.7. The van der Waals surface area contributed by atoms with Crippen molar-refractivity contribution in [3.05, 3.63) is 66.2 Å². The second kappa shape index (κ2) is 13.0. The number of hydrogen-bond donors (Lipinski definition) is 1. The molecule has 14 heteroatoms. The molecule has 224 valence electrons. The van der Waals surface area contributed by atoms with Crippen LogP contribution >= 0.6 is 0 Å². The molecule has 4 aromatic rings. The Morgan fingerprint density at radius 2 is 1.84 bits per heavy atom. The number of likely N-dealkylation sites (tertiary alicyclic amines) is 1. The van der Waals surface area contributed by atoms with Gasteiger partial charge in [-0.2, -0.15) is 18.4 Å². The Labute approximate surface area is 246 Å². The van der Waals surface area contributed by atoms with Gasteiger partial charge < -0.3 is 14.8 Å². The van der Waals surface area contributed by atoms with Crippen molar-refractivity contribution >= 4 is 11.6 Å². The van der Waals surface area contributed by atoms with Crippen LogP contribution in [0.4, 0.5) is 24.8 Å². The van der Waals surface area contributed by atoms with E-state index in [0.717, 1.165) is 16.7 Å². The molecule has 43 heavy (non-hydrogen) atoms. The molecule has 1 saturated heterocycles. The van der Waals surface area contributed by atoms with E-state index in [0.29, 0.717) is 61.2 Å². The van der Waals surface area contributed by atoms with Gasteiger partial charge in [0, 0.05) is 18.0 Å². The maximum Gasteiger partial charge on any atom is 0.401 e. The van der Waals surface area contributed by atoms with E-state index in [9.17, 15) is 18.4 Å². The van der Waals surface area contributed by atoms with E-state index in [1.165, 1.54) is 11.2 Å². The third kappa shape index (κ3) is 7.75. The second-order valence-corrected chi connectivity index (χ2v) is 10.3. The highest BCUT2D eigenvalue weighted by molar-refractivity contribution is 5.68. The molecule has 0 aliphatic carbocycles. The van der Waals surface area contributed by atoms with Crippen LogP contribution in [0.25, 0.3) is 11.1 Å². The molecule has 0 amide bonds. The number of methoxy groups -OCH3 is 1. The van der Waals surface area contributed by atoms with Crippen molar-refractivity contribution in [3.8, 4) is 28.7 Å². The van der Waals surface area contributed by atoms with Crippen molar-refractivity contribution in [2.75, 3.05) is 32.1 Å². The Balaban J connectivity index is 1.24. The zero-order valence-corrected chi connectivity index (χ0v) is 23.6. The maximum atomic E-state index is 12.7. The molecule has 0 bridgehead atoms. The van der Waals surface area contributed by atoms with Crippen molar-refractivity contribution in [2.24, 2.45) is 0 Å². The summed E-state index contributed by atoms with van der Waals surface area (Å²) in [5.41, 5.74) is 3.59. The van der Waals surface area contributed by atoms with Crippen LogP contribution in [0.5, 0.6) is 11.5 Å². The summed E-state index contributed by atoms with van der Waals surface area (Å²) in [7, 11) is 1.56. The quantitative estimate of drug-likeness (QED) is 0.269. The molecule has 1 N–H and O–H groups in total. The Kier molecular flexibility index (Phi) is 9.01. The number of tetrazole rings is 1. The number of alkyl halides is 3. The molecule has 5 rings (SSSR count). The summed E-state index contributed by atoms with van der Waals surface area (Å²) in [5.74, 6) is 1.54. The van der Waals surface area contributed by atoms with Gasteiger partial charge in [0.15, 0.2) is 0 Å². The molecule has 1 fully saturated rings. The first kappa shape index (κ1) is 29.7. The van der Waals surface area contributed by atoms with E-state index < -0.39 is 12.7 Å². The normalized spacial score (nSPS) is 15.1. The van der Waals surface area contributed by atoms with Gasteiger partial charge >= 0.3 is 6.18 Å². The van der Waals surface area contributed by atoms with Gasteiger partial charge in [-0.15, -0.1) is 5.10 Å². The number of anilines is 2. The van der Waals surface area contributed by atoms with Crippen LogP contribution in [0.1, 0.15) is 36.8 Å². The van der Waals surface area contributed by atoms with Crippen molar-refractivity contribution in [1.29, 1.82) is 5.26 Å². The number of piperidine rings is 1. The lowest BCUT2D eigenvalue weighted by molar-refractivity contribution is -0.147. The molecule has 11 nitrogen and oxygen atoms in total. The van der Waals surface area contributed by atoms with Gasteiger partial charge in [0.1, 0.15) is 30.0 Å². The minimum absolute atomic E-state index is 0.159. The number of nitriles is 1. The molecule has 0 saturated carbocycles. The molecule has 3 heterocycles. The highest BCUT2D eigenvalue weighted by Gasteiger charge is 2.33. The summed E-state index contributed by atoms with van der Waals surface area (Å²) in [4.78, 5) is 10.4. The highest BCUT2D eigenvalue weighted by Crippen LogP contribution is 2.35. The summed E-state index contributed by atoms with van der Waals surface area (Å²) in [6.07, 6.45) is 1.65. The van der Waals surface area contributed by atoms with Gasteiger partial charge in [0.25, 0.3) is 0 Å². The maximum absolute atomic E-state index is 12.7. The number of benzene rings is 2. The molecular formula is C29H30F3N9O2. The van der Waals surface area contributed by atoms with Gasteiger partial charge in [0.05, 0.1) is 31.5 Å². The fourth-order valence-electron chi connectivity index (χ4n) is 5.08. The summed E-state index contributed by atoms with van der Waals surface area (Å²) >= 11 is 0. The van der Waals surface area contributed by atoms with E-state index >= 15 is 0 Å². The van der Waals surface area contributed by atoms with Crippen molar-refractivity contribution in [2.45, 2.75) is 44.5 Å². The number of rotatable bonds is 10. The van der Waals surface area contributed by atoms with Gasteiger partial charge in [-0.05, 0) is 84.6 Å². The lowest BCUT2D eigenvalue weighted by atomic mass is 9.89. The average Bonchev–Trinajstić information content (AvgIpc) is 3.50. The predicted octanol–water partition coefficient (Wildman–Crippen LogP) is 4.96. The number of nitrogens with zero attached hydrogens (tertiary/aromatic N) is 8. The monoisotopic (exact) mass is 593 g/mol. The number of hydrogen-bond acceptors (Lipinski definition) is 10. The number of ether oxygens (including phenoxy) is 2. The van der Waals surface area contributed by atoms with Crippen LogP contribution in [0.3, 0.4) is 0 Å². The Morgan fingerprint density at radius 3 is 2.49 bits per heavy atom. The fraction of sp³-hybridized carbons (Fsp3) is 0.379. The topological polar surface area (TPSA) is 127 Å². The number of nitrogens with one attached hydrogen (secondary N) is 1. The SMILES string of the molecule is COc1cc(C2CCN(CC(F)(F)F)CC2)ccc1Nc1ncc(-c2ccc(C#N)c(OC(C)Cn3cnnn3)c2)cn1. The van der Waals surface area contributed by atoms with Crippen molar-refractivity contribution in [1.82, 2.24) is 35.1 Å². The Bertz CT molecular complexity index is 1550. The average molecular weight is 594 g/mol. The van der Waals surface area contributed by atoms with E-state index in [-0.39, 0.29) is 12.0 Å². The summed E-state index contributed by atoms with van der Waals surface area (Å²) in [6.45, 7) is 2.21. The van der Waals surface area contributed by atoms with Gasteiger partial charge in [-0.1, -0.05) is 12.1 Å². The Morgan fingerprint density at radius 1 is 1.07 bits per heavy atom. The summed E-state index contributed by atoms with van der Waals surface area (Å²) in [6, 6.07) is 13.2. The van der Waals surface area contributed by atoms with Crippen LogP contribution in [0, 0.1) is 11.3 Å². The van der Waals surface area contributed by atoms with E-state index in [2.05, 4.69) is 36.9 Å². The minimum atomic E-state index is -4.18. The van der Waals surface area contributed by atoms with E-state index in [4.69, 9.17) is 9.47 Å². The van der Waals surface area contributed by atoms with Gasteiger partial charge in [-0.25, -0.2) is 14.6 Å². The van der Waals surface area contributed by atoms with Crippen LogP contribution in [0.15, 0.2) is 55.1 Å². The second-order valence-electron chi connectivity index (χ2n) is 10.3. The minimum Gasteiger partial charge on any atom is -0.495 e. The van der Waals surface area contributed by atoms with Crippen LogP contribution in [-0.2, 0) is 6.54 Å². The van der Waals surface area contributed by atoms with Gasteiger partial charge in [0.2, 0.25) is 5.95 Å². The molecule has 0 spiro atoms. The van der Waals surface area contributed by atoms with Crippen LogP contribution < -0.4 is 14.8 Å². The zero-order chi connectivity index (χ0) is 30.4. The molecule has 2 aromatic carbocycles. The largest absolute Gasteiger partial charge is 0.495 e. The smallest absolute Gasteiger partial charge is 0.401 e. The lowest BCUT2D eigenvalue weighted by Gasteiger charge is -2.32. The van der Waals surface area contributed by atoms with Gasteiger partial charge in [-0.3, -0.25) is 4.90 Å². The van der Waals surface area contributed by atoms with Crippen LogP contribution in [-0.4, -0.2) is 74.1 Å². The predicted molar refractivity (Wildman–Crippen MR) is 151 cm³/mol. The fourth-order valence-corrected chi connectivity index (χ4v) is 5.08. The third-order valence-electron chi connectivity index (χ3n) is 7.18. The summed E-state index contributed by atoms with van der Waals surface area (Å²) < 4.78 is 51.4. The molecule has 1 aliphatic heterocycles. The van der Waals surface area contributed by atoms with Crippen molar-refractivity contribution in [3.63, 3.8) is 0 Å². The summed E-state index contributed by atoms with van der Waals surface area (Å²) in [5, 5.41) is 23.8. The van der Waals surface area contributed by atoms with Crippen molar-refractivity contribution < 1.29 is 22.6 Å². The first-order chi connectivity index (χ1) is 20.7. The van der Waals surface area contributed by atoms with Crippen LogP contribution in [0.2, 0.25) is 0 Å². The molecule has 1 unspecified atom stereocenters. The highest BCUT2D eigenvalue weighted by atomic mass is 19.4.